The Kier molecular flexibility index (Phi) is 3.96. The molecule has 0 spiro atoms. The molecule has 0 atom stereocenters. The quantitative estimate of drug-likeness (QED) is 0.827. The number of hydrogen-bond donors (Lipinski definition) is 1. The number of aryl methyl sites for hydroxylation is 2. The number of carboxylic acids is 1. The van der Waals surface area contributed by atoms with Crippen LogP contribution in [0.3, 0.4) is 0 Å². The molecule has 0 bridgehead atoms. The summed E-state index contributed by atoms with van der Waals surface area (Å²) in [5, 5.41) is 13.5. The summed E-state index contributed by atoms with van der Waals surface area (Å²) < 4.78 is 1.30. The number of carbonyl (C=O) groups is 3. The van der Waals surface area contributed by atoms with Crippen molar-refractivity contribution in [3.05, 3.63) is 28.0 Å². The molecule has 24 heavy (non-hydrogen) atoms. The van der Waals surface area contributed by atoms with Crippen LogP contribution >= 0.6 is 11.3 Å². The fourth-order valence-electron chi connectivity index (χ4n) is 2.49. The van der Waals surface area contributed by atoms with Gasteiger partial charge in [0.2, 0.25) is 0 Å². The van der Waals surface area contributed by atoms with Crippen LogP contribution in [0.15, 0.2) is 6.20 Å². The van der Waals surface area contributed by atoms with E-state index in [-0.39, 0.29) is 23.1 Å². The molecule has 1 amide bonds. The van der Waals surface area contributed by atoms with E-state index in [0.29, 0.717) is 15.7 Å². The molecule has 1 saturated carbocycles. The van der Waals surface area contributed by atoms with Gasteiger partial charge in [-0.3, -0.25) is 19.2 Å². The van der Waals surface area contributed by atoms with Crippen LogP contribution in [-0.4, -0.2) is 43.6 Å². The number of carbonyl (C=O) groups excluding carboxylic acids is 2. The van der Waals surface area contributed by atoms with E-state index in [2.05, 4.69) is 10.1 Å². The molecule has 0 radical (unpaired) electrons. The molecule has 2 heterocycles. The van der Waals surface area contributed by atoms with Gasteiger partial charge in [-0.25, -0.2) is 9.78 Å². The average Bonchev–Trinajstić information content (AvgIpc) is 3.12. The van der Waals surface area contributed by atoms with Crippen LogP contribution in [0, 0.1) is 6.92 Å². The van der Waals surface area contributed by atoms with Crippen molar-refractivity contribution < 1.29 is 19.5 Å². The molecule has 8 nitrogen and oxygen atoms in total. The smallest absolute Gasteiger partial charge is 0.357 e. The van der Waals surface area contributed by atoms with Gasteiger partial charge in [-0.2, -0.15) is 5.10 Å². The molecule has 0 saturated heterocycles. The highest BCUT2D eigenvalue weighted by Crippen LogP contribution is 2.37. The number of nitrogens with zero attached hydrogens (tertiary/aromatic N) is 4. The predicted octanol–water partition coefficient (Wildman–Crippen LogP) is 1.90. The van der Waals surface area contributed by atoms with Crippen LogP contribution in [0.1, 0.15) is 56.0 Å². The summed E-state index contributed by atoms with van der Waals surface area (Å²) in [6.07, 6.45) is 3.04. The van der Waals surface area contributed by atoms with Crippen LogP contribution < -0.4 is 4.90 Å². The first-order valence-electron chi connectivity index (χ1n) is 7.38. The Hall–Kier alpha value is -2.55. The molecule has 9 heteroatoms. The molecule has 0 aromatic carbocycles. The van der Waals surface area contributed by atoms with E-state index >= 15 is 0 Å². The Morgan fingerprint density at radius 3 is 2.54 bits per heavy atom. The fraction of sp³-hybridized carbons (Fsp3) is 0.400. The Bertz CT molecular complexity index is 850. The molecule has 126 valence electrons. The van der Waals surface area contributed by atoms with E-state index in [1.807, 2.05) is 0 Å². The van der Waals surface area contributed by atoms with E-state index in [1.54, 1.807) is 14.0 Å². The SMILES string of the molecule is CC(=O)c1sc(N(C(=O)c2cn(C)nc2C(=O)O)C2CC2)nc1C. The largest absolute Gasteiger partial charge is 0.476 e. The zero-order chi connectivity index (χ0) is 17.6. The Morgan fingerprint density at radius 1 is 1.38 bits per heavy atom. The molecule has 2 aromatic heterocycles. The Balaban J connectivity index is 2.03. The van der Waals surface area contributed by atoms with Gasteiger partial charge in [-0.1, -0.05) is 11.3 Å². The standard InChI is InChI=1S/C15H16N4O4S/c1-7-12(8(2)20)24-15(16-7)19(9-4-5-9)13(21)10-6-18(3)17-11(10)14(22)23/h6,9H,4-5H2,1-3H3,(H,22,23). The first-order valence-corrected chi connectivity index (χ1v) is 8.20. The van der Waals surface area contributed by atoms with E-state index < -0.39 is 11.9 Å². The number of amides is 1. The fourth-order valence-corrected chi connectivity index (χ4v) is 3.52. The third-order valence-corrected chi connectivity index (χ3v) is 4.96. The summed E-state index contributed by atoms with van der Waals surface area (Å²) in [4.78, 5) is 42.3. The molecule has 1 aliphatic carbocycles. The normalized spacial score (nSPS) is 13.8. The highest BCUT2D eigenvalue weighted by molar-refractivity contribution is 7.17. The third-order valence-electron chi connectivity index (χ3n) is 3.70. The summed E-state index contributed by atoms with van der Waals surface area (Å²) in [5.74, 6) is -1.81. The van der Waals surface area contributed by atoms with Crippen molar-refractivity contribution in [2.75, 3.05) is 4.90 Å². The van der Waals surface area contributed by atoms with Crippen molar-refractivity contribution in [3.63, 3.8) is 0 Å². The molecule has 2 aromatic rings. The number of Topliss-reactive ketones (excluding diaryl/α,β-unsaturated/α-hetero) is 1. The molecule has 0 aliphatic heterocycles. The number of aromatic carboxylic acids is 1. The van der Waals surface area contributed by atoms with Crippen molar-refractivity contribution >= 4 is 34.1 Å². The average molecular weight is 348 g/mol. The maximum atomic E-state index is 12.9. The van der Waals surface area contributed by atoms with Gasteiger partial charge in [0, 0.05) is 26.2 Å². The van der Waals surface area contributed by atoms with E-state index in [9.17, 15) is 19.5 Å². The van der Waals surface area contributed by atoms with Gasteiger partial charge in [0.1, 0.15) is 0 Å². The van der Waals surface area contributed by atoms with Gasteiger partial charge >= 0.3 is 5.97 Å². The van der Waals surface area contributed by atoms with Gasteiger partial charge in [-0.05, 0) is 19.8 Å². The lowest BCUT2D eigenvalue weighted by Crippen LogP contribution is -2.33. The van der Waals surface area contributed by atoms with E-state index in [4.69, 9.17) is 0 Å². The maximum absolute atomic E-state index is 12.9. The van der Waals surface area contributed by atoms with Gasteiger partial charge < -0.3 is 5.11 Å². The minimum absolute atomic E-state index is 0.0223. The Labute approximate surface area is 141 Å². The molecule has 0 unspecified atom stereocenters. The number of aromatic nitrogens is 3. The summed E-state index contributed by atoms with van der Waals surface area (Å²) in [5.41, 5.74) is 0.313. The Morgan fingerprint density at radius 2 is 2.04 bits per heavy atom. The lowest BCUT2D eigenvalue weighted by atomic mass is 10.2. The summed E-state index contributed by atoms with van der Waals surface area (Å²) in [6, 6.07) is -0.0234. The first kappa shape index (κ1) is 16.3. The van der Waals surface area contributed by atoms with Gasteiger partial charge in [0.05, 0.1) is 16.1 Å². The first-order chi connectivity index (χ1) is 11.3. The summed E-state index contributed by atoms with van der Waals surface area (Å²) >= 11 is 1.16. The minimum Gasteiger partial charge on any atom is -0.476 e. The second kappa shape index (κ2) is 5.82. The predicted molar refractivity (Wildman–Crippen MR) is 86.9 cm³/mol. The highest BCUT2D eigenvalue weighted by atomic mass is 32.1. The van der Waals surface area contributed by atoms with Crippen LogP contribution in [0.2, 0.25) is 0 Å². The molecule has 3 rings (SSSR count). The van der Waals surface area contributed by atoms with Crippen LogP contribution in [0.25, 0.3) is 0 Å². The van der Waals surface area contributed by atoms with E-state index in [1.165, 1.54) is 22.7 Å². The van der Waals surface area contributed by atoms with Crippen LogP contribution in [-0.2, 0) is 7.05 Å². The summed E-state index contributed by atoms with van der Waals surface area (Å²) in [6.45, 7) is 3.18. The lowest BCUT2D eigenvalue weighted by molar-refractivity contribution is 0.0684. The zero-order valence-corrected chi connectivity index (χ0v) is 14.3. The molecular weight excluding hydrogens is 332 g/mol. The van der Waals surface area contributed by atoms with Crippen molar-refractivity contribution in [1.29, 1.82) is 0 Å². The minimum atomic E-state index is -1.26. The number of rotatable bonds is 5. The topological polar surface area (TPSA) is 105 Å². The summed E-state index contributed by atoms with van der Waals surface area (Å²) in [7, 11) is 1.56. The lowest BCUT2D eigenvalue weighted by Gasteiger charge is -2.18. The number of anilines is 1. The number of hydrogen-bond acceptors (Lipinski definition) is 6. The molecule has 1 fully saturated rings. The number of thiazole rings is 1. The van der Waals surface area contributed by atoms with Crippen LogP contribution in [0.4, 0.5) is 5.13 Å². The van der Waals surface area contributed by atoms with E-state index in [0.717, 1.165) is 24.2 Å². The van der Waals surface area contributed by atoms with Crippen LogP contribution in [0.5, 0.6) is 0 Å². The zero-order valence-electron chi connectivity index (χ0n) is 13.4. The van der Waals surface area contributed by atoms with Gasteiger partial charge in [0.25, 0.3) is 5.91 Å². The second-order valence-electron chi connectivity index (χ2n) is 5.74. The van der Waals surface area contributed by atoms with Crippen molar-refractivity contribution in [3.8, 4) is 0 Å². The monoisotopic (exact) mass is 348 g/mol. The maximum Gasteiger partial charge on any atom is 0.357 e. The second-order valence-corrected chi connectivity index (χ2v) is 6.72. The van der Waals surface area contributed by atoms with Crippen molar-refractivity contribution in [2.24, 2.45) is 7.05 Å². The van der Waals surface area contributed by atoms with Gasteiger partial charge in [0.15, 0.2) is 16.6 Å². The van der Waals surface area contributed by atoms with Gasteiger partial charge in [-0.15, -0.1) is 0 Å². The highest BCUT2D eigenvalue weighted by Gasteiger charge is 2.38. The molecule has 1 N–H and O–H groups in total. The molecule has 1 aliphatic rings. The third kappa shape index (κ3) is 2.82. The molecular formula is C15H16N4O4S. The van der Waals surface area contributed by atoms with Crippen molar-refractivity contribution in [2.45, 2.75) is 32.7 Å². The number of carboxylic acid groups (broad SMARTS) is 1. The van der Waals surface area contributed by atoms with Crippen molar-refractivity contribution in [1.82, 2.24) is 14.8 Å². The number of ketones is 1.